The summed E-state index contributed by atoms with van der Waals surface area (Å²) < 4.78 is 0. The Morgan fingerprint density at radius 3 is 2.57 bits per heavy atom. The van der Waals surface area contributed by atoms with E-state index in [1.807, 2.05) is 37.3 Å². The highest BCUT2D eigenvalue weighted by molar-refractivity contribution is 6.17. The van der Waals surface area contributed by atoms with Crippen molar-refractivity contribution in [2.24, 2.45) is 23.2 Å². The monoisotopic (exact) mass is 397 g/mol. The van der Waals surface area contributed by atoms with Gasteiger partial charge in [0.25, 0.3) is 0 Å². The number of nitriles is 3. The Morgan fingerprint density at radius 2 is 1.93 bits per heavy atom. The van der Waals surface area contributed by atoms with Crippen molar-refractivity contribution in [2.75, 3.05) is 11.4 Å². The molecule has 6 nitrogen and oxygen atoms in total. The second-order valence-electron chi connectivity index (χ2n) is 8.56. The zero-order chi connectivity index (χ0) is 21.7. The molecule has 1 aliphatic heterocycles. The van der Waals surface area contributed by atoms with E-state index in [0.29, 0.717) is 24.2 Å². The van der Waals surface area contributed by atoms with Crippen molar-refractivity contribution in [2.45, 2.75) is 38.5 Å². The third kappa shape index (κ3) is 2.10. The van der Waals surface area contributed by atoms with Crippen LogP contribution in [0.25, 0.3) is 0 Å². The van der Waals surface area contributed by atoms with Gasteiger partial charge in [-0.05, 0) is 42.4 Å². The minimum atomic E-state index is -2.03. The summed E-state index contributed by atoms with van der Waals surface area (Å²) in [5.74, 6) is -1.46. The van der Waals surface area contributed by atoms with Crippen molar-refractivity contribution in [3.63, 3.8) is 0 Å². The number of allylic oxidation sites excluding steroid dienone is 2. The quantitative estimate of drug-likeness (QED) is 0.763. The van der Waals surface area contributed by atoms with Crippen LogP contribution in [0.3, 0.4) is 0 Å². The fourth-order valence-electron chi connectivity index (χ4n) is 5.80. The maximum atomic E-state index is 14.2. The minimum Gasteiger partial charge on any atom is -0.311 e. The predicted octanol–water partition coefficient (Wildman–Crippen LogP) is 3.86. The van der Waals surface area contributed by atoms with Crippen LogP contribution in [0.2, 0.25) is 0 Å². The summed E-state index contributed by atoms with van der Waals surface area (Å²) in [7, 11) is 0. The molecular weight excluding hydrogens is 374 g/mol. The number of hydrogen-bond donors (Lipinski definition) is 1. The van der Waals surface area contributed by atoms with Crippen LogP contribution in [0, 0.1) is 62.6 Å². The van der Waals surface area contributed by atoms with E-state index in [1.165, 1.54) is 0 Å². The van der Waals surface area contributed by atoms with Gasteiger partial charge in [-0.2, -0.15) is 15.8 Å². The Bertz CT molecular complexity index is 1080. The molecule has 1 fully saturated rings. The normalized spacial score (nSPS) is 31.2. The van der Waals surface area contributed by atoms with Crippen LogP contribution in [-0.4, -0.2) is 18.2 Å². The molecule has 1 N–H and O–H groups in total. The van der Waals surface area contributed by atoms with Crippen molar-refractivity contribution in [1.82, 2.24) is 0 Å². The van der Waals surface area contributed by atoms with Gasteiger partial charge in [-0.3, -0.25) is 4.79 Å². The molecule has 0 saturated heterocycles. The molecule has 1 spiro atoms. The van der Waals surface area contributed by atoms with E-state index < -0.39 is 22.7 Å². The van der Waals surface area contributed by atoms with E-state index in [-0.39, 0.29) is 17.5 Å². The van der Waals surface area contributed by atoms with Crippen molar-refractivity contribution in [1.29, 1.82) is 21.2 Å². The van der Waals surface area contributed by atoms with Gasteiger partial charge < -0.3 is 10.3 Å². The summed E-state index contributed by atoms with van der Waals surface area (Å²) >= 11 is 0. The molecule has 1 aromatic carbocycles. The number of hydrogen-bond acceptors (Lipinski definition) is 5. The first kappa shape index (κ1) is 19.9. The van der Waals surface area contributed by atoms with Gasteiger partial charge in [0.15, 0.2) is 0 Å². The Morgan fingerprint density at radius 1 is 1.23 bits per heavy atom. The lowest BCUT2D eigenvalue weighted by molar-refractivity contribution is -0.127. The molecule has 4 rings (SSSR count). The number of anilines is 1. The molecule has 0 unspecified atom stereocenters. The van der Waals surface area contributed by atoms with Crippen molar-refractivity contribution in [3.8, 4) is 18.2 Å². The van der Waals surface area contributed by atoms with Gasteiger partial charge in [0.05, 0.1) is 23.9 Å². The van der Waals surface area contributed by atoms with Crippen LogP contribution >= 0.6 is 0 Å². The summed E-state index contributed by atoms with van der Waals surface area (Å²) in [6, 6.07) is 13.7. The van der Waals surface area contributed by atoms with Gasteiger partial charge in [0.2, 0.25) is 11.3 Å². The smallest absolute Gasteiger partial charge is 0.241 e. The number of fused-ring (bicyclic) bond motifs is 4. The fourth-order valence-corrected chi connectivity index (χ4v) is 5.80. The van der Waals surface area contributed by atoms with Crippen LogP contribution in [0.4, 0.5) is 5.69 Å². The van der Waals surface area contributed by atoms with Crippen LogP contribution in [0.1, 0.15) is 38.7 Å². The first-order valence-corrected chi connectivity index (χ1v) is 10.4. The first-order chi connectivity index (χ1) is 14.4. The number of amides is 1. The second kappa shape index (κ2) is 6.82. The molecule has 6 heteroatoms. The van der Waals surface area contributed by atoms with Crippen LogP contribution in [0.15, 0.2) is 35.9 Å². The zero-order valence-electron chi connectivity index (χ0n) is 17.1. The Kier molecular flexibility index (Phi) is 4.52. The summed E-state index contributed by atoms with van der Waals surface area (Å²) in [4.78, 5) is 15.9. The Balaban J connectivity index is 2.14. The molecule has 1 heterocycles. The van der Waals surface area contributed by atoms with Crippen LogP contribution < -0.4 is 4.90 Å². The van der Waals surface area contributed by atoms with Crippen LogP contribution in [0.5, 0.6) is 0 Å². The highest BCUT2D eigenvalue weighted by Gasteiger charge is 2.74. The average molecular weight is 397 g/mol. The standard InChI is InChI=1S/C24H23N5O/c1-3-10-29-20-7-5-4-6-18(20)24(22(29)30)19-11-15(2)8-9-16(19)17(12-25)21(28)23(24,13-26)14-27/h4-7,9,15,17,19,28H,3,8,10-11H2,1-2H3/t15-,17+,19-,24-/m1/s1. The van der Waals surface area contributed by atoms with Gasteiger partial charge in [-0.25, -0.2) is 0 Å². The van der Waals surface area contributed by atoms with Gasteiger partial charge >= 0.3 is 0 Å². The summed E-state index contributed by atoms with van der Waals surface area (Å²) in [6.07, 6.45) is 4.06. The van der Waals surface area contributed by atoms with E-state index >= 15 is 0 Å². The molecule has 0 radical (unpaired) electrons. The maximum Gasteiger partial charge on any atom is 0.241 e. The van der Waals surface area contributed by atoms with Crippen molar-refractivity contribution in [3.05, 3.63) is 41.5 Å². The molecule has 1 aromatic rings. The van der Waals surface area contributed by atoms with Crippen molar-refractivity contribution < 1.29 is 4.79 Å². The molecule has 150 valence electrons. The SMILES string of the molecule is CCCN1C(=O)[C@@]2(c3ccccc31)[C@@H]1C[C@H](C)CC=C1[C@H](C#N)C(=N)C2(C#N)C#N. The summed E-state index contributed by atoms with van der Waals surface area (Å²) in [5, 5.41) is 39.4. The molecule has 1 amide bonds. The minimum absolute atomic E-state index is 0.248. The van der Waals surface area contributed by atoms with Gasteiger partial charge in [0.1, 0.15) is 11.3 Å². The number of benzene rings is 1. The number of para-hydroxylation sites is 1. The largest absolute Gasteiger partial charge is 0.311 e. The molecule has 1 saturated carbocycles. The molecule has 30 heavy (non-hydrogen) atoms. The summed E-state index contributed by atoms with van der Waals surface area (Å²) in [5.41, 5.74) is -1.73. The topological polar surface area (TPSA) is 116 Å². The fraction of sp³-hybridized carbons (Fsp3) is 0.458. The highest BCUT2D eigenvalue weighted by atomic mass is 16.2. The molecular formula is C24H23N5O. The lowest BCUT2D eigenvalue weighted by Crippen LogP contribution is -2.65. The average Bonchev–Trinajstić information content (AvgIpc) is 3.00. The number of carbonyl (C=O) groups is 1. The van der Waals surface area contributed by atoms with Gasteiger partial charge in [-0.15, -0.1) is 0 Å². The first-order valence-electron chi connectivity index (χ1n) is 10.4. The molecule has 4 atom stereocenters. The van der Waals surface area contributed by atoms with Crippen LogP contribution in [-0.2, 0) is 10.2 Å². The van der Waals surface area contributed by atoms with E-state index in [1.54, 1.807) is 4.90 Å². The van der Waals surface area contributed by atoms with E-state index in [9.17, 15) is 20.6 Å². The number of rotatable bonds is 2. The zero-order valence-corrected chi connectivity index (χ0v) is 17.1. The highest BCUT2D eigenvalue weighted by Crippen LogP contribution is 2.64. The molecule has 3 aliphatic rings. The van der Waals surface area contributed by atoms with Crippen molar-refractivity contribution >= 4 is 17.3 Å². The predicted molar refractivity (Wildman–Crippen MR) is 111 cm³/mol. The van der Waals surface area contributed by atoms with E-state index in [0.717, 1.165) is 18.4 Å². The lowest BCUT2D eigenvalue weighted by Gasteiger charge is -2.52. The van der Waals surface area contributed by atoms with Gasteiger partial charge in [-0.1, -0.05) is 38.1 Å². The Labute approximate surface area is 176 Å². The number of nitrogens with one attached hydrogen (secondary N) is 1. The number of carbonyl (C=O) groups excluding carboxylic acids is 1. The van der Waals surface area contributed by atoms with E-state index in [2.05, 4.69) is 25.1 Å². The third-order valence-electron chi connectivity index (χ3n) is 7.05. The van der Waals surface area contributed by atoms with E-state index in [4.69, 9.17) is 5.41 Å². The number of nitrogens with zero attached hydrogens (tertiary/aromatic N) is 4. The molecule has 0 bridgehead atoms. The van der Waals surface area contributed by atoms with Gasteiger partial charge in [0, 0.05) is 18.2 Å². The lowest BCUT2D eigenvalue weighted by atomic mass is 9.44. The summed E-state index contributed by atoms with van der Waals surface area (Å²) in [6.45, 7) is 4.53. The second-order valence-corrected chi connectivity index (χ2v) is 8.56. The molecule has 2 aliphatic carbocycles. The Hall–Kier alpha value is -3.43. The molecule has 0 aromatic heterocycles. The third-order valence-corrected chi connectivity index (χ3v) is 7.05. The maximum absolute atomic E-state index is 14.2.